The summed E-state index contributed by atoms with van der Waals surface area (Å²) in [7, 11) is 0. The van der Waals surface area contributed by atoms with Crippen molar-refractivity contribution in [2.75, 3.05) is 18.0 Å². The number of hydrogen-bond donors (Lipinski definition) is 2. The van der Waals surface area contributed by atoms with Gasteiger partial charge in [-0.3, -0.25) is 4.79 Å². The first-order valence-corrected chi connectivity index (χ1v) is 8.59. The Morgan fingerprint density at radius 1 is 1.20 bits per heavy atom. The van der Waals surface area contributed by atoms with Crippen molar-refractivity contribution in [3.05, 3.63) is 65.0 Å². The minimum atomic E-state index is -0.293. The van der Waals surface area contributed by atoms with Gasteiger partial charge in [0, 0.05) is 25.2 Å². The summed E-state index contributed by atoms with van der Waals surface area (Å²) in [6.45, 7) is 3.56. The van der Waals surface area contributed by atoms with Crippen LogP contribution in [0.5, 0.6) is 0 Å². The number of carbonyl (C=O) groups is 1. The number of halogens is 1. The molecule has 25 heavy (non-hydrogen) atoms. The van der Waals surface area contributed by atoms with Crippen LogP contribution in [-0.2, 0) is 6.54 Å². The van der Waals surface area contributed by atoms with Gasteiger partial charge in [0.05, 0.1) is 11.8 Å². The van der Waals surface area contributed by atoms with Gasteiger partial charge in [-0.2, -0.15) is 0 Å². The van der Waals surface area contributed by atoms with Crippen LogP contribution in [0.1, 0.15) is 34.3 Å². The number of rotatable bonds is 4. The number of carbonyl (C=O) groups excluding carboxylic acids is 1. The highest BCUT2D eigenvalue weighted by Gasteiger charge is 2.19. The number of benzene rings is 2. The van der Waals surface area contributed by atoms with Gasteiger partial charge in [-0.1, -0.05) is 23.8 Å². The molecule has 0 aromatic heterocycles. The third kappa shape index (κ3) is 4.37. The lowest BCUT2D eigenvalue weighted by atomic mass is 10.1. The van der Waals surface area contributed by atoms with Crippen LogP contribution in [0.4, 0.5) is 10.1 Å². The second-order valence-electron chi connectivity index (χ2n) is 6.55. The molecule has 0 bridgehead atoms. The van der Waals surface area contributed by atoms with E-state index in [0.29, 0.717) is 37.2 Å². The van der Waals surface area contributed by atoms with Crippen LogP contribution in [0.15, 0.2) is 42.5 Å². The van der Waals surface area contributed by atoms with Gasteiger partial charge < -0.3 is 15.3 Å². The fourth-order valence-electron chi connectivity index (χ4n) is 3.01. The predicted octanol–water partition coefficient (Wildman–Crippen LogP) is 3.03. The first-order valence-electron chi connectivity index (χ1n) is 8.59. The molecule has 0 unspecified atom stereocenters. The zero-order chi connectivity index (χ0) is 17.8. The van der Waals surface area contributed by atoms with Crippen LogP contribution in [0.2, 0.25) is 0 Å². The molecule has 0 saturated carbocycles. The lowest BCUT2D eigenvalue weighted by Crippen LogP contribution is -2.36. The standard InChI is InChI=1S/C20H23FN2O2/c1-14-2-5-16(6-3-14)20(25)22-13-15-4-7-19(18(21)12-15)23-10-8-17(24)9-11-23/h2-7,12,17,24H,8-11,13H2,1H3,(H,22,25). The Morgan fingerprint density at radius 2 is 1.88 bits per heavy atom. The molecule has 1 amide bonds. The molecular formula is C20H23FN2O2. The summed E-state index contributed by atoms with van der Waals surface area (Å²) in [5, 5.41) is 12.4. The molecule has 0 atom stereocenters. The van der Waals surface area contributed by atoms with Gasteiger partial charge in [0.1, 0.15) is 5.82 Å². The number of anilines is 1. The average Bonchev–Trinajstić information content (AvgIpc) is 2.61. The Kier molecular flexibility index (Phi) is 5.34. The van der Waals surface area contributed by atoms with Crippen LogP contribution >= 0.6 is 0 Å². The topological polar surface area (TPSA) is 52.6 Å². The van der Waals surface area contributed by atoms with Crippen LogP contribution in [0.25, 0.3) is 0 Å². The molecule has 2 N–H and O–H groups in total. The molecule has 0 radical (unpaired) electrons. The largest absolute Gasteiger partial charge is 0.393 e. The summed E-state index contributed by atoms with van der Waals surface area (Å²) in [4.78, 5) is 14.1. The van der Waals surface area contributed by atoms with E-state index in [1.54, 1.807) is 18.2 Å². The normalized spacial score (nSPS) is 15.2. The van der Waals surface area contributed by atoms with Gasteiger partial charge in [0.25, 0.3) is 5.91 Å². The summed E-state index contributed by atoms with van der Waals surface area (Å²) in [5.74, 6) is -0.465. The zero-order valence-electron chi connectivity index (χ0n) is 14.3. The van der Waals surface area contributed by atoms with Crippen LogP contribution in [-0.4, -0.2) is 30.2 Å². The average molecular weight is 342 g/mol. The Balaban J connectivity index is 1.61. The second-order valence-corrected chi connectivity index (χ2v) is 6.55. The van der Waals surface area contributed by atoms with Gasteiger partial charge >= 0.3 is 0 Å². The number of aliphatic hydroxyl groups excluding tert-OH is 1. The molecule has 1 fully saturated rings. The van der Waals surface area contributed by atoms with Gasteiger partial charge in [-0.05, 0) is 49.6 Å². The molecular weight excluding hydrogens is 319 g/mol. The van der Waals surface area contributed by atoms with Gasteiger partial charge in [0.15, 0.2) is 0 Å². The third-order valence-corrected chi connectivity index (χ3v) is 4.58. The Hall–Kier alpha value is -2.40. The van der Waals surface area contributed by atoms with Crippen molar-refractivity contribution in [1.82, 2.24) is 5.32 Å². The van der Waals surface area contributed by atoms with Gasteiger partial charge in [-0.25, -0.2) is 4.39 Å². The molecule has 2 aromatic rings. The Labute approximate surface area is 147 Å². The highest BCUT2D eigenvalue weighted by Crippen LogP contribution is 2.24. The number of piperidine rings is 1. The number of aliphatic hydroxyl groups is 1. The molecule has 1 aliphatic heterocycles. The molecule has 0 aliphatic carbocycles. The fourth-order valence-corrected chi connectivity index (χ4v) is 3.01. The Bertz CT molecular complexity index is 738. The van der Waals surface area contributed by atoms with Crippen LogP contribution < -0.4 is 10.2 Å². The monoisotopic (exact) mass is 342 g/mol. The molecule has 2 aromatic carbocycles. The molecule has 3 rings (SSSR count). The van der Waals surface area contributed by atoms with E-state index < -0.39 is 0 Å². The number of nitrogens with zero attached hydrogens (tertiary/aromatic N) is 1. The number of hydrogen-bond acceptors (Lipinski definition) is 3. The molecule has 1 saturated heterocycles. The first kappa shape index (κ1) is 17.4. The van der Waals surface area contributed by atoms with Crippen molar-refractivity contribution in [3.63, 3.8) is 0 Å². The number of aryl methyl sites for hydroxylation is 1. The minimum absolute atomic E-state index is 0.172. The van der Waals surface area contributed by atoms with Crippen molar-refractivity contribution >= 4 is 11.6 Å². The lowest BCUT2D eigenvalue weighted by Gasteiger charge is -2.31. The maximum Gasteiger partial charge on any atom is 0.251 e. The lowest BCUT2D eigenvalue weighted by molar-refractivity contribution is 0.0951. The van der Waals surface area contributed by atoms with E-state index in [-0.39, 0.29) is 24.4 Å². The summed E-state index contributed by atoms with van der Waals surface area (Å²) < 4.78 is 14.4. The Morgan fingerprint density at radius 3 is 2.52 bits per heavy atom. The first-order chi connectivity index (χ1) is 12.0. The maximum atomic E-state index is 14.4. The maximum absolute atomic E-state index is 14.4. The molecule has 1 aliphatic rings. The second kappa shape index (κ2) is 7.66. The summed E-state index contributed by atoms with van der Waals surface area (Å²) in [6.07, 6.45) is 1.04. The van der Waals surface area contributed by atoms with Gasteiger partial charge in [0.2, 0.25) is 0 Å². The van der Waals surface area contributed by atoms with Crippen LogP contribution in [0.3, 0.4) is 0 Å². The van der Waals surface area contributed by atoms with Crippen molar-refractivity contribution in [2.45, 2.75) is 32.4 Å². The molecule has 5 heteroatoms. The zero-order valence-corrected chi connectivity index (χ0v) is 14.3. The minimum Gasteiger partial charge on any atom is -0.393 e. The highest BCUT2D eigenvalue weighted by atomic mass is 19.1. The van der Waals surface area contributed by atoms with Crippen molar-refractivity contribution in [2.24, 2.45) is 0 Å². The third-order valence-electron chi connectivity index (χ3n) is 4.58. The van der Waals surface area contributed by atoms with E-state index in [1.165, 1.54) is 6.07 Å². The highest BCUT2D eigenvalue weighted by molar-refractivity contribution is 5.94. The van der Waals surface area contributed by atoms with E-state index in [2.05, 4.69) is 5.32 Å². The SMILES string of the molecule is Cc1ccc(C(=O)NCc2ccc(N3CCC(O)CC3)c(F)c2)cc1. The quantitative estimate of drug-likeness (QED) is 0.898. The van der Waals surface area contributed by atoms with E-state index in [9.17, 15) is 14.3 Å². The van der Waals surface area contributed by atoms with Gasteiger partial charge in [-0.15, -0.1) is 0 Å². The van der Waals surface area contributed by atoms with Crippen molar-refractivity contribution < 1.29 is 14.3 Å². The summed E-state index contributed by atoms with van der Waals surface area (Å²) >= 11 is 0. The summed E-state index contributed by atoms with van der Waals surface area (Å²) in [6, 6.07) is 12.4. The van der Waals surface area contributed by atoms with Crippen molar-refractivity contribution in [3.8, 4) is 0 Å². The predicted molar refractivity (Wildman–Crippen MR) is 96.2 cm³/mol. The molecule has 0 spiro atoms. The van der Waals surface area contributed by atoms with E-state index in [1.807, 2.05) is 30.0 Å². The fraction of sp³-hybridized carbons (Fsp3) is 0.350. The molecule has 4 nitrogen and oxygen atoms in total. The van der Waals surface area contributed by atoms with E-state index in [4.69, 9.17) is 0 Å². The van der Waals surface area contributed by atoms with Crippen molar-refractivity contribution in [1.29, 1.82) is 0 Å². The summed E-state index contributed by atoms with van der Waals surface area (Å²) in [5.41, 5.74) is 2.97. The van der Waals surface area contributed by atoms with Crippen LogP contribution in [0, 0.1) is 12.7 Å². The van der Waals surface area contributed by atoms with E-state index >= 15 is 0 Å². The number of nitrogens with one attached hydrogen (secondary N) is 1. The van der Waals surface area contributed by atoms with E-state index in [0.717, 1.165) is 11.1 Å². The molecule has 132 valence electrons. The molecule has 1 heterocycles. The number of amides is 1. The smallest absolute Gasteiger partial charge is 0.251 e.